The van der Waals surface area contributed by atoms with E-state index in [1.54, 1.807) is 16.0 Å². The molecular formula is C22H26N4O4S2. The van der Waals surface area contributed by atoms with Gasteiger partial charge in [-0.25, -0.2) is 4.79 Å². The predicted octanol–water partition coefficient (Wildman–Crippen LogP) is 4.27. The highest BCUT2D eigenvalue weighted by atomic mass is 32.2. The van der Waals surface area contributed by atoms with Gasteiger partial charge < -0.3 is 19.4 Å². The van der Waals surface area contributed by atoms with Crippen LogP contribution in [-0.4, -0.2) is 39.5 Å². The van der Waals surface area contributed by atoms with E-state index in [9.17, 15) is 9.59 Å². The quantitative estimate of drug-likeness (QED) is 0.385. The second-order valence-corrected chi connectivity index (χ2v) is 9.87. The van der Waals surface area contributed by atoms with Gasteiger partial charge in [0.1, 0.15) is 17.4 Å². The molecule has 3 rings (SSSR count). The molecule has 32 heavy (non-hydrogen) atoms. The smallest absolute Gasteiger partial charge is 0.340 e. The number of anilines is 1. The highest BCUT2D eigenvalue weighted by Crippen LogP contribution is 2.26. The number of hydrogen-bond donors (Lipinski definition) is 1. The second kappa shape index (κ2) is 10.2. The Kier molecular flexibility index (Phi) is 7.57. The maximum absolute atomic E-state index is 12.3. The maximum Gasteiger partial charge on any atom is 0.340 e. The summed E-state index contributed by atoms with van der Waals surface area (Å²) in [6.45, 7) is 6.77. The Bertz CT molecular complexity index is 1080. The highest BCUT2D eigenvalue weighted by Gasteiger charge is 2.17. The van der Waals surface area contributed by atoms with Crippen LogP contribution in [0.25, 0.3) is 0 Å². The van der Waals surface area contributed by atoms with Gasteiger partial charge in [0.2, 0.25) is 5.91 Å². The first kappa shape index (κ1) is 23.8. The fourth-order valence-corrected chi connectivity index (χ4v) is 4.29. The lowest BCUT2D eigenvalue weighted by molar-refractivity contribution is -0.113. The van der Waals surface area contributed by atoms with Crippen molar-refractivity contribution in [2.24, 2.45) is 7.05 Å². The number of thioether (sulfide) groups is 1. The number of amides is 1. The van der Waals surface area contributed by atoms with Crippen molar-refractivity contribution in [1.29, 1.82) is 0 Å². The molecule has 10 heteroatoms. The largest absolute Gasteiger partial charge is 0.486 e. The van der Waals surface area contributed by atoms with Crippen molar-refractivity contribution in [2.45, 2.75) is 37.9 Å². The Morgan fingerprint density at radius 2 is 1.88 bits per heavy atom. The number of thiophene rings is 1. The van der Waals surface area contributed by atoms with Gasteiger partial charge in [0.05, 0.1) is 18.4 Å². The minimum atomic E-state index is -0.486. The van der Waals surface area contributed by atoms with E-state index in [0.717, 1.165) is 5.75 Å². The zero-order valence-corrected chi connectivity index (χ0v) is 20.3. The monoisotopic (exact) mass is 474 g/mol. The van der Waals surface area contributed by atoms with Crippen molar-refractivity contribution in [3.05, 3.63) is 52.7 Å². The van der Waals surface area contributed by atoms with Gasteiger partial charge in [-0.15, -0.1) is 21.5 Å². The number of nitrogens with one attached hydrogen (secondary N) is 1. The minimum absolute atomic E-state index is 0.0882. The summed E-state index contributed by atoms with van der Waals surface area (Å²) in [6.07, 6.45) is 0. The lowest BCUT2D eigenvalue weighted by Crippen LogP contribution is -2.16. The SMILES string of the molecule is COC(=O)c1ccsc1NC(=O)CSc1nnc(COc2ccc(C(C)(C)C)cc2)n1C. The summed E-state index contributed by atoms with van der Waals surface area (Å²) in [5, 5.41) is 13.8. The average molecular weight is 475 g/mol. The topological polar surface area (TPSA) is 95.3 Å². The van der Waals surface area contributed by atoms with Gasteiger partial charge >= 0.3 is 5.97 Å². The molecule has 1 N–H and O–H groups in total. The molecule has 0 radical (unpaired) electrons. The molecule has 0 aliphatic rings. The van der Waals surface area contributed by atoms with E-state index in [1.165, 1.54) is 35.8 Å². The van der Waals surface area contributed by atoms with E-state index >= 15 is 0 Å². The third-order valence-electron chi connectivity index (χ3n) is 4.67. The van der Waals surface area contributed by atoms with E-state index in [2.05, 4.69) is 48.4 Å². The molecule has 1 amide bonds. The molecule has 3 aromatic rings. The summed E-state index contributed by atoms with van der Waals surface area (Å²) in [5.74, 6) is 0.799. The standard InChI is InChI=1S/C22H26N4O4S2/c1-22(2,3)14-6-8-15(9-7-14)30-12-17-24-25-21(26(17)4)32-13-18(27)23-19-16(10-11-31-19)20(28)29-5/h6-11H,12-13H2,1-5H3,(H,23,27). The number of ether oxygens (including phenoxy) is 2. The molecule has 0 aliphatic carbocycles. The molecule has 0 spiro atoms. The van der Waals surface area contributed by atoms with Crippen LogP contribution in [-0.2, 0) is 28.6 Å². The van der Waals surface area contributed by atoms with E-state index in [1.807, 2.05) is 19.2 Å². The van der Waals surface area contributed by atoms with Crippen molar-refractivity contribution in [1.82, 2.24) is 14.8 Å². The Morgan fingerprint density at radius 3 is 2.53 bits per heavy atom. The van der Waals surface area contributed by atoms with Crippen molar-refractivity contribution >= 4 is 40.0 Å². The molecule has 0 fully saturated rings. The van der Waals surface area contributed by atoms with E-state index in [0.29, 0.717) is 21.5 Å². The van der Waals surface area contributed by atoms with E-state index in [-0.39, 0.29) is 23.7 Å². The van der Waals surface area contributed by atoms with Gasteiger partial charge in [-0.2, -0.15) is 0 Å². The molecule has 170 valence electrons. The maximum atomic E-state index is 12.3. The van der Waals surface area contributed by atoms with Crippen LogP contribution in [0.5, 0.6) is 5.75 Å². The molecule has 0 bridgehead atoms. The Morgan fingerprint density at radius 1 is 1.16 bits per heavy atom. The summed E-state index contributed by atoms with van der Waals surface area (Å²) < 4.78 is 12.4. The third-order valence-corrected chi connectivity index (χ3v) is 6.52. The van der Waals surface area contributed by atoms with Gasteiger partial charge in [-0.05, 0) is 34.6 Å². The first-order valence-corrected chi connectivity index (χ1v) is 11.8. The lowest BCUT2D eigenvalue weighted by Gasteiger charge is -2.19. The van der Waals surface area contributed by atoms with Crippen LogP contribution in [0.15, 0.2) is 40.9 Å². The first-order valence-electron chi connectivity index (χ1n) is 9.89. The van der Waals surface area contributed by atoms with Gasteiger partial charge in [0.15, 0.2) is 11.0 Å². The van der Waals surface area contributed by atoms with Gasteiger partial charge in [-0.1, -0.05) is 44.7 Å². The fourth-order valence-electron chi connectivity index (χ4n) is 2.77. The van der Waals surface area contributed by atoms with Crippen LogP contribution in [0.4, 0.5) is 5.00 Å². The minimum Gasteiger partial charge on any atom is -0.486 e. The molecule has 0 saturated heterocycles. The normalized spacial score (nSPS) is 11.3. The molecule has 2 heterocycles. The lowest BCUT2D eigenvalue weighted by atomic mass is 9.87. The number of rotatable bonds is 8. The predicted molar refractivity (Wildman–Crippen MR) is 125 cm³/mol. The van der Waals surface area contributed by atoms with Crippen LogP contribution in [0.2, 0.25) is 0 Å². The molecule has 2 aromatic heterocycles. The summed E-state index contributed by atoms with van der Waals surface area (Å²) in [5.41, 5.74) is 1.66. The summed E-state index contributed by atoms with van der Waals surface area (Å²) >= 11 is 2.52. The number of carbonyl (C=O) groups excluding carboxylic acids is 2. The van der Waals surface area contributed by atoms with Crippen molar-refractivity contribution in [3.8, 4) is 5.75 Å². The zero-order chi connectivity index (χ0) is 23.3. The summed E-state index contributed by atoms with van der Waals surface area (Å²) in [4.78, 5) is 24.0. The number of methoxy groups -OCH3 is 1. The second-order valence-electron chi connectivity index (χ2n) is 8.01. The molecule has 0 aliphatic heterocycles. The molecular weight excluding hydrogens is 448 g/mol. The highest BCUT2D eigenvalue weighted by molar-refractivity contribution is 7.99. The molecule has 1 aromatic carbocycles. The average Bonchev–Trinajstić information content (AvgIpc) is 3.36. The van der Waals surface area contributed by atoms with Crippen LogP contribution in [0, 0.1) is 0 Å². The zero-order valence-electron chi connectivity index (χ0n) is 18.7. The fraction of sp³-hybridized carbons (Fsp3) is 0.364. The van der Waals surface area contributed by atoms with Crippen LogP contribution in [0.1, 0.15) is 42.5 Å². The summed E-state index contributed by atoms with van der Waals surface area (Å²) in [7, 11) is 3.13. The molecule has 0 unspecified atom stereocenters. The van der Waals surface area contributed by atoms with Crippen molar-refractivity contribution < 1.29 is 19.1 Å². The van der Waals surface area contributed by atoms with Gasteiger partial charge in [-0.3, -0.25) is 4.79 Å². The van der Waals surface area contributed by atoms with Crippen molar-refractivity contribution in [3.63, 3.8) is 0 Å². The first-order chi connectivity index (χ1) is 15.2. The number of hydrogen-bond acceptors (Lipinski definition) is 8. The Labute approximate surface area is 195 Å². The van der Waals surface area contributed by atoms with E-state index in [4.69, 9.17) is 9.47 Å². The van der Waals surface area contributed by atoms with Crippen LogP contribution >= 0.6 is 23.1 Å². The number of esters is 1. The number of aromatic nitrogens is 3. The van der Waals surface area contributed by atoms with Gasteiger partial charge in [0, 0.05) is 7.05 Å². The third kappa shape index (κ3) is 5.89. The molecule has 8 nitrogen and oxygen atoms in total. The molecule has 0 atom stereocenters. The number of nitrogens with zero attached hydrogens (tertiary/aromatic N) is 3. The van der Waals surface area contributed by atoms with Crippen LogP contribution in [0.3, 0.4) is 0 Å². The number of carbonyl (C=O) groups is 2. The Balaban J connectivity index is 1.53. The van der Waals surface area contributed by atoms with Gasteiger partial charge in [0.25, 0.3) is 0 Å². The number of benzene rings is 1. The Hall–Kier alpha value is -2.85. The van der Waals surface area contributed by atoms with Crippen molar-refractivity contribution in [2.75, 3.05) is 18.2 Å². The molecule has 0 saturated carbocycles. The van der Waals surface area contributed by atoms with Crippen LogP contribution < -0.4 is 10.1 Å². The van der Waals surface area contributed by atoms with E-state index < -0.39 is 5.97 Å². The summed E-state index contributed by atoms with van der Waals surface area (Å²) in [6, 6.07) is 9.63.